The molecular weight excluding hydrogens is 174 g/mol. The van der Waals surface area contributed by atoms with Gasteiger partial charge in [-0.15, -0.1) is 0 Å². The zero-order valence-electron chi connectivity index (χ0n) is 7.74. The lowest BCUT2D eigenvalue weighted by molar-refractivity contribution is -0.163. The van der Waals surface area contributed by atoms with Crippen molar-refractivity contribution in [2.45, 2.75) is 19.4 Å². The van der Waals surface area contributed by atoms with Crippen molar-refractivity contribution in [1.82, 2.24) is 4.90 Å². The molecule has 1 aliphatic heterocycles. The van der Waals surface area contributed by atoms with Crippen LogP contribution in [-0.2, 0) is 14.3 Å². The molecule has 5 heteroatoms. The fourth-order valence-corrected chi connectivity index (χ4v) is 1.25. The first kappa shape index (κ1) is 9.98. The third-order valence-electron chi connectivity index (χ3n) is 1.84. The Balaban J connectivity index is 2.60. The molecule has 13 heavy (non-hydrogen) atoms. The van der Waals surface area contributed by atoms with E-state index in [4.69, 9.17) is 9.84 Å². The molecule has 0 bridgehead atoms. The van der Waals surface area contributed by atoms with E-state index in [9.17, 15) is 9.59 Å². The van der Waals surface area contributed by atoms with Crippen LogP contribution < -0.4 is 0 Å². The molecule has 74 valence electrons. The van der Waals surface area contributed by atoms with Crippen LogP contribution in [0.15, 0.2) is 0 Å². The smallest absolute Gasteiger partial charge is 0.323 e. The molecule has 0 spiro atoms. The minimum absolute atomic E-state index is 0.0275. The number of carboxylic acid groups (broad SMARTS) is 1. The van der Waals surface area contributed by atoms with Crippen LogP contribution in [0.2, 0.25) is 0 Å². The second kappa shape index (κ2) is 3.33. The molecule has 1 fully saturated rings. The van der Waals surface area contributed by atoms with Crippen molar-refractivity contribution >= 4 is 11.9 Å². The number of carboxylic acids is 1. The van der Waals surface area contributed by atoms with Gasteiger partial charge in [-0.3, -0.25) is 9.59 Å². The van der Waals surface area contributed by atoms with Crippen molar-refractivity contribution in [2.24, 2.45) is 0 Å². The number of rotatable bonds is 2. The van der Waals surface area contributed by atoms with E-state index in [1.807, 2.05) is 13.8 Å². The van der Waals surface area contributed by atoms with Gasteiger partial charge < -0.3 is 14.7 Å². The summed E-state index contributed by atoms with van der Waals surface area (Å²) in [5.41, 5.74) is -0.441. The van der Waals surface area contributed by atoms with Crippen LogP contribution in [0.1, 0.15) is 13.8 Å². The van der Waals surface area contributed by atoms with Crippen LogP contribution >= 0.6 is 0 Å². The summed E-state index contributed by atoms with van der Waals surface area (Å²) in [4.78, 5) is 22.8. The highest BCUT2D eigenvalue weighted by Crippen LogP contribution is 2.16. The number of ether oxygens (including phenoxy) is 1. The molecule has 0 radical (unpaired) electrons. The summed E-state index contributed by atoms with van der Waals surface area (Å²) in [6.07, 6.45) is 0. The molecule has 0 unspecified atom stereocenters. The van der Waals surface area contributed by atoms with Crippen LogP contribution in [0.25, 0.3) is 0 Å². The first-order chi connectivity index (χ1) is 5.91. The number of hydrogen-bond donors (Lipinski definition) is 1. The van der Waals surface area contributed by atoms with E-state index >= 15 is 0 Å². The standard InChI is InChI=1S/C8H13NO4/c1-8(2)5-9(3-7(11)12)6(10)4-13-8/h3-5H2,1-2H3,(H,11,12). The quantitative estimate of drug-likeness (QED) is 0.645. The van der Waals surface area contributed by atoms with E-state index in [1.54, 1.807) is 0 Å². The number of carbonyl (C=O) groups excluding carboxylic acids is 1. The first-order valence-electron chi connectivity index (χ1n) is 4.04. The maximum absolute atomic E-state index is 11.2. The van der Waals surface area contributed by atoms with Crippen molar-refractivity contribution in [3.63, 3.8) is 0 Å². The van der Waals surface area contributed by atoms with E-state index in [0.717, 1.165) is 0 Å². The van der Waals surface area contributed by atoms with Gasteiger partial charge >= 0.3 is 5.97 Å². The normalized spacial score (nSPS) is 21.7. The van der Waals surface area contributed by atoms with Crippen molar-refractivity contribution in [3.05, 3.63) is 0 Å². The largest absolute Gasteiger partial charge is 0.480 e. The molecular formula is C8H13NO4. The number of amides is 1. The number of aliphatic carboxylic acids is 1. The number of hydrogen-bond acceptors (Lipinski definition) is 3. The second-order valence-electron chi connectivity index (χ2n) is 3.69. The Morgan fingerprint density at radius 1 is 1.69 bits per heavy atom. The minimum Gasteiger partial charge on any atom is -0.480 e. The van der Waals surface area contributed by atoms with Gasteiger partial charge in [-0.25, -0.2) is 0 Å². The summed E-state index contributed by atoms with van der Waals surface area (Å²) >= 11 is 0. The second-order valence-corrected chi connectivity index (χ2v) is 3.69. The van der Waals surface area contributed by atoms with Crippen LogP contribution in [-0.4, -0.2) is 47.2 Å². The molecule has 0 aromatic rings. The zero-order chi connectivity index (χ0) is 10.1. The van der Waals surface area contributed by atoms with Crippen molar-refractivity contribution < 1.29 is 19.4 Å². The van der Waals surface area contributed by atoms with E-state index in [-0.39, 0.29) is 19.1 Å². The predicted molar refractivity (Wildman–Crippen MR) is 44.2 cm³/mol. The molecule has 1 saturated heterocycles. The summed E-state index contributed by atoms with van der Waals surface area (Å²) in [5, 5.41) is 8.52. The average Bonchev–Trinajstić information content (AvgIpc) is 1.95. The molecule has 1 heterocycles. The maximum atomic E-state index is 11.2. The first-order valence-corrected chi connectivity index (χ1v) is 4.04. The van der Waals surface area contributed by atoms with Gasteiger partial charge in [0.25, 0.3) is 0 Å². The number of nitrogens with zero attached hydrogens (tertiary/aromatic N) is 1. The fraction of sp³-hybridized carbons (Fsp3) is 0.750. The Labute approximate surface area is 76.3 Å². The molecule has 5 nitrogen and oxygen atoms in total. The molecule has 0 atom stereocenters. The number of carbonyl (C=O) groups is 2. The zero-order valence-corrected chi connectivity index (χ0v) is 7.74. The average molecular weight is 187 g/mol. The van der Waals surface area contributed by atoms with Gasteiger partial charge in [-0.1, -0.05) is 0 Å². The topological polar surface area (TPSA) is 66.8 Å². The summed E-state index contributed by atoms with van der Waals surface area (Å²) in [7, 11) is 0. The van der Waals surface area contributed by atoms with Gasteiger partial charge in [0.05, 0.1) is 5.60 Å². The molecule has 1 amide bonds. The molecule has 0 aliphatic carbocycles. The highest BCUT2D eigenvalue weighted by atomic mass is 16.5. The molecule has 1 aliphatic rings. The minimum atomic E-state index is -0.994. The molecule has 1 N–H and O–H groups in total. The van der Waals surface area contributed by atoms with Gasteiger partial charge in [0, 0.05) is 6.54 Å². The molecule has 0 aromatic heterocycles. The van der Waals surface area contributed by atoms with E-state index in [0.29, 0.717) is 6.54 Å². The monoisotopic (exact) mass is 187 g/mol. The van der Waals surface area contributed by atoms with Gasteiger partial charge in [-0.05, 0) is 13.8 Å². The fourth-order valence-electron chi connectivity index (χ4n) is 1.25. The SMILES string of the molecule is CC1(C)CN(CC(=O)O)C(=O)CO1. The third-order valence-corrected chi connectivity index (χ3v) is 1.84. The Morgan fingerprint density at radius 3 is 2.85 bits per heavy atom. The summed E-state index contributed by atoms with van der Waals surface area (Å²) in [5.74, 6) is -1.26. The lowest BCUT2D eigenvalue weighted by Gasteiger charge is -2.36. The summed E-state index contributed by atoms with van der Waals surface area (Å²) in [6, 6.07) is 0. The van der Waals surface area contributed by atoms with Gasteiger partial charge in [-0.2, -0.15) is 0 Å². The van der Waals surface area contributed by atoms with E-state index < -0.39 is 11.6 Å². The summed E-state index contributed by atoms with van der Waals surface area (Å²) < 4.78 is 5.21. The number of morpholine rings is 1. The molecule has 0 saturated carbocycles. The Kier molecular flexibility index (Phi) is 2.56. The van der Waals surface area contributed by atoms with Crippen molar-refractivity contribution in [3.8, 4) is 0 Å². The summed E-state index contributed by atoms with van der Waals surface area (Å²) in [6.45, 7) is 3.71. The Morgan fingerprint density at radius 2 is 2.31 bits per heavy atom. The van der Waals surface area contributed by atoms with E-state index in [1.165, 1.54) is 4.90 Å². The highest BCUT2D eigenvalue weighted by molar-refractivity contribution is 5.82. The van der Waals surface area contributed by atoms with Crippen molar-refractivity contribution in [1.29, 1.82) is 0 Å². The molecule has 1 rings (SSSR count). The third kappa shape index (κ3) is 2.69. The van der Waals surface area contributed by atoms with Crippen LogP contribution in [0.5, 0.6) is 0 Å². The highest BCUT2D eigenvalue weighted by Gasteiger charge is 2.32. The molecule has 0 aromatic carbocycles. The van der Waals surface area contributed by atoms with Crippen LogP contribution in [0.3, 0.4) is 0 Å². The Hall–Kier alpha value is -1.10. The van der Waals surface area contributed by atoms with Gasteiger partial charge in [0.2, 0.25) is 5.91 Å². The van der Waals surface area contributed by atoms with E-state index in [2.05, 4.69) is 0 Å². The van der Waals surface area contributed by atoms with Crippen LogP contribution in [0.4, 0.5) is 0 Å². The lowest BCUT2D eigenvalue weighted by atomic mass is 10.1. The maximum Gasteiger partial charge on any atom is 0.323 e. The Bertz CT molecular complexity index is 236. The van der Waals surface area contributed by atoms with Gasteiger partial charge in [0.15, 0.2) is 0 Å². The predicted octanol–water partition coefficient (Wildman–Crippen LogP) is -0.292. The van der Waals surface area contributed by atoms with Crippen LogP contribution in [0, 0.1) is 0 Å². The lowest BCUT2D eigenvalue weighted by Crippen LogP contribution is -2.52. The van der Waals surface area contributed by atoms with Gasteiger partial charge in [0.1, 0.15) is 13.2 Å². The van der Waals surface area contributed by atoms with Crippen molar-refractivity contribution in [2.75, 3.05) is 19.7 Å².